The number of halogens is 1. The minimum Gasteiger partial charge on any atom is -0.381 e. The molecule has 168 valence electrons. The Balaban J connectivity index is 1.37. The third kappa shape index (κ3) is 3.74. The van der Waals surface area contributed by atoms with Crippen LogP contribution >= 0.6 is 11.6 Å². The number of amides is 3. The van der Waals surface area contributed by atoms with Gasteiger partial charge in [-0.3, -0.25) is 9.69 Å². The number of anilines is 1. The fourth-order valence-corrected chi connectivity index (χ4v) is 5.40. The van der Waals surface area contributed by atoms with Crippen molar-refractivity contribution in [2.24, 2.45) is 0 Å². The summed E-state index contributed by atoms with van der Waals surface area (Å²) in [5, 5.41) is 3.38. The van der Waals surface area contributed by atoms with Crippen LogP contribution < -0.4 is 5.32 Å². The molecule has 1 atom stereocenters. The van der Waals surface area contributed by atoms with E-state index in [1.807, 2.05) is 35.2 Å². The minimum atomic E-state index is -0.346. The van der Waals surface area contributed by atoms with Gasteiger partial charge in [-0.25, -0.2) is 4.79 Å². The second-order valence-corrected chi connectivity index (χ2v) is 8.98. The summed E-state index contributed by atoms with van der Waals surface area (Å²) in [5.41, 5.74) is 1.34. The summed E-state index contributed by atoms with van der Waals surface area (Å²) in [6.07, 6.45) is 1.57. The SMILES string of the molecule is O=C(Nc1ccccc1Cl)N1CCN2[C@H](C1)C(=O)N(Cc1ccccc1)C21CCOCC1. The standard InChI is InChI=1S/C24H27ClN4O3/c25-19-8-4-5-9-20(19)26-23(31)27-12-13-28-21(17-27)22(30)29(16-18-6-2-1-3-7-18)24(28)10-14-32-15-11-24/h1-9,21H,10-17H2,(H,26,31)/t21-/m1/s1. The lowest BCUT2D eigenvalue weighted by Crippen LogP contribution is -2.62. The Morgan fingerprint density at radius 3 is 2.53 bits per heavy atom. The van der Waals surface area contributed by atoms with Gasteiger partial charge in [0.25, 0.3) is 0 Å². The van der Waals surface area contributed by atoms with Gasteiger partial charge in [-0.15, -0.1) is 0 Å². The zero-order valence-electron chi connectivity index (χ0n) is 17.9. The van der Waals surface area contributed by atoms with E-state index < -0.39 is 0 Å². The number of nitrogens with zero attached hydrogens (tertiary/aromatic N) is 3. The largest absolute Gasteiger partial charge is 0.381 e. The number of hydrogen-bond donors (Lipinski definition) is 1. The molecular formula is C24H27ClN4O3. The fourth-order valence-electron chi connectivity index (χ4n) is 5.22. The number of rotatable bonds is 3. The average molecular weight is 455 g/mol. The molecule has 2 aromatic carbocycles. The molecule has 3 amide bonds. The number of urea groups is 1. The predicted molar refractivity (Wildman–Crippen MR) is 122 cm³/mol. The molecule has 32 heavy (non-hydrogen) atoms. The van der Waals surface area contributed by atoms with Crippen LogP contribution in [0.25, 0.3) is 0 Å². The van der Waals surface area contributed by atoms with E-state index in [4.69, 9.17) is 16.3 Å². The van der Waals surface area contributed by atoms with Gasteiger partial charge in [-0.05, 0) is 17.7 Å². The van der Waals surface area contributed by atoms with E-state index in [2.05, 4.69) is 22.3 Å². The number of para-hydroxylation sites is 1. The highest BCUT2D eigenvalue weighted by molar-refractivity contribution is 6.33. The molecule has 2 aromatic rings. The molecule has 1 N–H and O–H groups in total. The van der Waals surface area contributed by atoms with Crippen molar-refractivity contribution in [3.05, 3.63) is 65.2 Å². The maximum absolute atomic E-state index is 13.7. The molecule has 0 aliphatic carbocycles. The summed E-state index contributed by atoms with van der Waals surface area (Å²) < 4.78 is 5.65. The van der Waals surface area contributed by atoms with Crippen LogP contribution in [0.3, 0.4) is 0 Å². The number of nitrogens with one attached hydrogen (secondary N) is 1. The molecule has 0 radical (unpaired) electrons. The highest BCUT2D eigenvalue weighted by atomic mass is 35.5. The van der Waals surface area contributed by atoms with E-state index in [0.29, 0.717) is 50.1 Å². The summed E-state index contributed by atoms with van der Waals surface area (Å²) >= 11 is 6.20. The zero-order chi connectivity index (χ0) is 22.1. The second-order valence-electron chi connectivity index (χ2n) is 8.57. The van der Waals surface area contributed by atoms with Crippen LogP contribution in [0.1, 0.15) is 18.4 Å². The van der Waals surface area contributed by atoms with Gasteiger partial charge in [-0.2, -0.15) is 0 Å². The van der Waals surface area contributed by atoms with Crippen LogP contribution in [0.15, 0.2) is 54.6 Å². The second kappa shape index (κ2) is 8.73. The molecule has 3 aliphatic heterocycles. The first-order valence-electron chi connectivity index (χ1n) is 11.1. The number of hydrogen-bond acceptors (Lipinski definition) is 4. The molecule has 8 heteroatoms. The van der Waals surface area contributed by atoms with Gasteiger partial charge in [0.1, 0.15) is 11.7 Å². The molecule has 0 unspecified atom stereocenters. The van der Waals surface area contributed by atoms with Gasteiger partial charge < -0.3 is 19.9 Å². The number of piperazine rings is 1. The van der Waals surface area contributed by atoms with Crippen molar-refractivity contribution in [2.75, 3.05) is 38.2 Å². The van der Waals surface area contributed by atoms with Crippen LogP contribution in [-0.4, -0.2) is 71.2 Å². The molecule has 1 spiro atoms. The molecule has 3 fully saturated rings. The Labute approximate surface area is 192 Å². The minimum absolute atomic E-state index is 0.0889. The number of carbonyl (C=O) groups excluding carboxylic acids is 2. The number of fused-ring (bicyclic) bond motifs is 2. The van der Waals surface area contributed by atoms with Crippen LogP contribution in [0.4, 0.5) is 10.5 Å². The van der Waals surface area contributed by atoms with Crippen molar-refractivity contribution in [1.29, 1.82) is 0 Å². The Hall–Kier alpha value is -2.61. The molecule has 5 rings (SSSR count). The number of carbonyl (C=O) groups is 2. The van der Waals surface area contributed by atoms with Crippen LogP contribution in [0, 0.1) is 0 Å². The monoisotopic (exact) mass is 454 g/mol. The van der Waals surface area contributed by atoms with E-state index in [-0.39, 0.29) is 23.6 Å². The molecule has 3 saturated heterocycles. The smallest absolute Gasteiger partial charge is 0.321 e. The predicted octanol–water partition coefficient (Wildman–Crippen LogP) is 3.41. The number of benzene rings is 2. The maximum atomic E-state index is 13.7. The van der Waals surface area contributed by atoms with E-state index >= 15 is 0 Å². The average Bonchev–Trinajstić information content (AvgIpc) is 3.04. The summed E-state index contributed by atoms with van der Waals surface area (Å²) in [6.45, 7) is 3.41. The first-order valence-corrected chi connectivity index (χ1v) is 11.5. The molecule has 7 nitrogen and oxygen atoms in total. The number of ether oxygens (including phenoxy) is 1. The van der Waals surface area contributed by atoms with Gasteiger partial charge in [0.2, 0.25) is 5.91 Å². The van der Waals surface area contributed by atoms with Gasteiger partial charge in [0.05, 0.1) is 23.9 Å². The highest BCUT2D eigenvalue weighted by Crippen LogP contribution is 2.42. The Bertz CT molecular complexity index is 996. The summed E-state index contributed by atoms with van der Waals surface area (Å²) in [7, 11) is 0. The van der Waals surface area contributed by atoms with Crippen LogP contribution in [-0.2, 0) is 16.1 Å². The third-order valence-corrected chi connectivity index (χ3v) is 7.18. The van der Waals surface area contributed by atoms with Crippen molar-refractivity contribution in [2.45, 2.75) is 31.1 Å². The van der Waals surface area contributed by atoms with E-state index in [0.717, 1.165) is 18.4 Å². The van der Waals surface area contributed by atoms with E-state index in [9.17, 15) is 9.59 Å². The molecule has 3 aliphatic rings. The van der Waals surface area contributed by atoms with Crippen molar-refractivity contribution in [1.82, 2.24) is 14.7 Å². The van der Waals surface area contributed by atoms with Crippen molar-refractivity contribution < 1.29 is 14.3 Å². The van der Waals surface area contributed by atoms with Crippen molar-refractivity contribution in [3.8, 4) is 0 Å². The first-order chi connectivity index (χ1) is 15.6. The highest BCUT2D eigenvalue weighted by Gasteiger charge is 2.58. The Kier molecular flexibility index (Phi) is 5.80. The van der Waals surface area contributed by atoms with E-state index in [1.165, 1.54) is 0 Å². The quantitative estimate of drug-likeness (QED) is 0.772. The lowest BCUT2D eigenvalue weighted by Gasteiger charge is -2.49. The van der Waals surface area contributed by atoms with Gasteiger partial charge in [0, 0.05) is 39.0 Å². The maximum Gasteiger partial charge on any atom is 0.321 e. The van der Waals surface area contributed by atoms with Crippen molar-refractivity contribution >= 4 is 29.2 Å². The summed E-state index contributed by atoms with van der Waals surface area (Å²) in [6, 6.07) is 16.7. The molecule has 0 saturated carbocycles. The summed E-state index contributed by atoms with van der Waals surface area (Å²) in [5.74, 6) is 0.0889. The topological polar surface area (TPSA) is 65.1 Å². The Morgan fingerprint density at radius 1 is 1.06 bits per heavy atom. The molecule has 0 bridgehead atoms. The molecule has 0 aromatic heterocycles. The normalized spacial score (nSPS) is 22.8. The first kappa shape index (κ1) is 21.2. The molecule has 3 heterocycles. The van der Waals surface area contributed by atoms with E-state index in [1.54, 1.807) is 17.0 Å². The Morgan fingerprint density at radius 2 is 1.78 bits per heavy atom. The van der Waals surface area contributed by atoms with Crippen molar-refractivity contribution in [3.63, 3.8) is 0 Å². The molecular weight excluding hydrogens is 428 g/mol. The third-order valence-electron chi connectivity index (χ3n) is 6.85. The lowest BCUT2D eigenvalue weighted by molar-refractivity contribution is -0.137. The zero-order valence-corrected chi connectivity index (χ0v) is 18.6. The fraction of sp³-hybridized carbons (Fsp3) is 0.417. The van der Waals surface area contributed by atoms with Crippen LogP contribution in [0.5, 0.6) is 0 Å². The lowest BCUT2D eigenvalue weighted by atomic mass is 9.96. The van der Waals surface area contributed by atoms with Gasteiger partial charge in [0.15, 0.2) is 0 Å². The van der Waals surface area contributed by atoms with Gasteiger partial charge in [-0.1, -0.05) is 54.1 Å². The summed E-state index contributed by atoms with van der Waals surface area (Å²) in [4.78, 5) is 32.7. The van der Waals surface area contributed by atoms with Gasteiger partial charge >= 0.3 is 6.03 Å². The van der Waals surface area contributed by atoms with Crippen LogP contribution in [0.2, 0.25) is 5.02 Å².